The number of ketones is 1. The molecule has 0 heterocycles. The molecule has 1 rings (SSSR count). The van der Waals surface area contributed by atoms with Crippen molar-refractivity contribution in [2.24, 2.45) is 11.7 Å². The molecule has 4 heteroatoms. The molecule has 0 aliphatic carbocycles. The molecule has 0 spiro atoms. The Morgan fingerprint density at radius 3 is 2.40 bits per heavy atom. The number of benzene rings is 1. The molecular formula is C11H13F2NO. The first kappa shape index (κ1) is 11.8. The van der Waals surface area contributed by atoms with Crippen LogP contribution in [0.2, 0.25) is 0 Å². The van der Waals surface area contributed by atoms with Crippen LogP contribution in [0.25, 0.3) is 0 Å². The summed E-state index contributed by atoms with van der Waals surface area (Å²) in [6.45, 7) is 1.93. The molecule has 0 bridgehead atoms. The Labute approximate surface area is 87.1 Å². The normalized spacial score (nSPS) is 12.5. The van der Waals surface area contributed by atoms with Crippen molar-refractivity contribution in [2.45, 2.75) is 13.3 Å². The van der Waals surface area contributed by atoms with Gasteiger partial charge in [-0.05, 0) is 25.1 Å². The average Bonchev–Trinajstić information content (AvgIpc) is 2.17. The standard InChI is InChI=1S/C11H13F2NO/c1-7(5-6-14)11(15)10-8(12)3-2-4-9(10)13/h2-4,7H,5-6,14H2,1H3. The molecule has 0 saturated heterocycles. The van der Waals surface area contributed by atoms with Crippen molar-refractivity contribution in [2.75, 3.05) is 6.54 Å². The molecule has 1 unspecified atom stereocenters. The summed E-state index contributed by atoms with van der Waals surface area (Å²) in [4.78, 5) is 11.6. The van der Waals surface area contributed by atoms with Gasteiger partial charge in [-0.15, -0.1) is 0 Å². The highest BCUT2D eigenvalue weighted by Crippen LogP contribution is 2.18. The third-order valence-electron chi connectivity index (χ3n) is 2.26. The van der Waals surface area contributed by atoms with E-state index >= 15 is 0 Å². The van der Waals surface area contributed by atoms with E-state index in [1.165, 1.54) is 6.07 Å². The summed E-state index contributed by atoms with van der Waals surface area (Å²) in [5, 5.41) is 0. The van der Waals surface area contributed by atoms with Gasteiger partial charge in [0.05, 0.1) is 5.56 Å². The zero-order valence-electron chi connectivity index (χ0n) is 8.47. The third-order valence-corrected chi connectivity index (χ3v) is 2.26. The van der Waals surface area contributed by atoms with E-state index in [0.29, 0.717) is 13.0 Å². The topological polar surface area (TPSA) is 43.1 Å². The smallest absolute Gasteiger partial charge is 0.171 e. The minimum Gasteiger partial charge on any atom is -0.330 e. The van der Waals surface area contributed by atoms with Gasteiger partial charge in [0.2, 0.25) is 0 Å². The molecule has 0 saturated carbocycles. The Morgan fingerprint density at radius 2 is 1.93 bits per heavy atom. The van der Waals surface area contributed by atoms with Gasteiger partial charge in [-0.25, -0.2) is 8.78 Å². The van der Waals surface area contributed by atoms with Crippen LogP contribution < -0.4 is 5.73 Å². The zero-order chi connectivity index (χ0) is 11.4. The van der Waals surface area contributed by atoms with Gasteiger partial charge in [0, 0.05) is 5.92 Å². The Balaban J connectivity index is 3.00. The second-order valence-electron chi connectivity index (χ2n) is 3.44. The van der Waals surface area contributed by atoms with Crippen LogP contribution in [0.5, 0.6) is 0 Å². The number of nitrogens with two attached hydrogens (primary N) is 1. The van der Waals surface area contributed by atoms with E-state index in [2.05, 4.69) is 0 Å². The number of rotatable bonds is 4. The van der Waals surface area contributed by atoms with Crippen molar-refractivity contribution in [3.05, 3.63) is 35.4 Å². The van der Waals surface area contributed by atoms with E-state index in [1.54, 1.807) is 6.92 Å². The minimum absolute atomic E-state index is 0.322. The van der Waals surface area contributed by atoms with Crippen LogP contribution in [0.1, 0.15) is 23.7 Å². The van der Waals surface area contributed by atoms with Crippen LogP contribution in [-0.4, -0.2) is 12.3 Å². The van der Waals surface area contributed by atoms with Gasteiger partial charge in [0.15, 0.2) is 5.78 Å². The average molecular weight is 213 g/mol. The van der Waals surface area contributed by atoms with Gasteiger partial charge in [-0.3, -0.25) is 4.79 Å². The van der Waals surface area contributed by atoms with Crippen LogP contribution >= 0.6 is 0 Å². The van der Waals surface area contributed by atoms with Gasteiger partial charge >= 0.3 is 0 Å². The lowest BCUT2D eigenvalue weighted by Crippen LogP contribution is -2.18. The molecule has 82 valence electrons. The maximum absolute atomic E-state index is 13.2. The molecule has 0 aliphatic heterocycles. The third kappa shape index (κ3) is 2.59. The van der Waals surface area contributed by atoms with Crippen molar-refractivity contribution < 1.29 is 13.6 Å². The quantitative estimate of drug-likeness (QED) is 0.778. The Bertz CT molecular complexity index is 345. The first-order valence-electron chi connectivity index (χ1n) is 4.76. The van der Waals surface area contributed by atoms with Crippen LogP contribution in [0, 0.1) is 17.6 Å². The molecule has 2 nitrogen and oxygen atoms in total. The van der Waals surface area contributed by atoms with Gasteiger partial charge in [-0.2, -0.15) is 0 Å². The van der Waals surface area contributed by atoms with Crippen LogP contribution in [0.3, 0.4) is 0 Å². The van der Waals surface area contributed by atoms with E-state index < -0.39 is 28.9 Å². The highest BCUT2D eigenvalue weighted by Gasteiger charge is 2.21. The summed E-state index contributed by atoms with van der Waals surface area (Å²) >= 11 is 0. The monoisotopic (exact) mass is 213 g/mol. The molecule has 1 atom stereocenters. The largest absolute Gasteiger partial charge is 0.330 e. The minimum atomic E-state index is -0.816. The Morgan fingerprint density at radius 1 is 1.40 bits per heavy atom. The van der Waals surface area contributed by atoms with Crippen molar-refractivity contribution in [1.29, 1.82) is 0 Å². The Kier molecular flexibility index (Phi) is 3.91. The van der Waals surface area contributed by atoms with Crippen molar-refractivity contribution in [1.82, 2.24) is 0 Å². The number of carbonyl (C=O) groups is 1. The van der Waals surface area contributed by atoms with Crippen molar-refractivity contribution in [3.63, 3.8) is 0 Å². The SMILES string of the molecule is CC(CCN)C(=O)c1c(F)cccc1F. The highest BCUT2D eigenvalue weighted by molar-refractivity contribution is 5.98. The molecular weight excluding hydrogens is 200 g/mol. The van der Waals surface area contributed by atoms with Crippen molar-refractivity contribution in [3.8, 4) is 0 Å². The van der Waals surface area contributed by atoms with Crippen LogP contribution in [0.4, 0.5) is 8.78 Å². The first-order valence-corrected chi connectivity index (χ1v) is 4.76. The number of carbonyl (C=O) groups excluding carboxylic acids is 1. The number of hydrogen-bond donors (Lipinski definition) is 1. The van der Waals surface area contributed by atoms with Gasteiger partial charge in [0.25, 0.3) is 0 Å². The second-order valence-corrected chi connectivity index (χ2v) is 3.44. The predicted octanol–water partition coefficient (Wildman–Crippen LogP) is 2.13. The maximum atomic E-state index is 13.2. The lowest BCUT2D eigenvalue weighted by atomic mass is 9.96. The molecule has 1 aromatic rings. The van der Waals surface area contributed by atoms with E-state index in [1.807, 2.05) is 0 Å². The fourth-order valence-corrected chi connectivity index (χ4v) is 1.36. The molecule has 0 radical (unpaired) electrons. The zero-order valence-corrected chi connectivity index (χ0v) is 8.47. The van der Waals surface area contributed by atoms with Crippen LogP contribution in [0.15, 0.2) is 18.2 Å². The number of hydrogen-bond acceptors (Lipinski definition) is 2. The van der Waals surface area contributed by atoms with E-state index in [4.69, 9.17) is 5.73 Å². The lowest BCUT2D eigenvalue weighted by molar-refractivity contribution is 0.0917. The summed E-state index contributed by atoms with van der Waals surface area (Å²) in [7, 11) is 0. The fraction of sp³-hybridized carbons (Fsp3) is 0.364. The molecule has 1 aromatic carbocycles. The summed E-state index contributed by atoms with van der Waals surface area (Å²) in [6, 6.07) is 3.38. The number of Topliss-reactive ketones (excluding diaryl/α,β-unsaturated/α-hetero) is 1. The fourth-order valence-electron chi connectivity index (χ4n) is 1.36. The first-order chi connectivity index (χ1) is 7.07. The van der Waals surface area contributed by atoms with E-state index in [9.17, 15) is 13.6 Å². The summed E-state index contributed by atoms with van der Waals surface area (Å²) in [5.74, 6) is -2.62. The van der Waals surface area contributed by atoms with Gasteiger partial charge < -0.3 is 5.73 Å². The van der Waals surface area contributed by atoms with E-state index in [0.717, 1.165) is 12.1 Å². The highest BCUT2D eigenvalue weighted by atomic mass is 19.1. The maximum Gasteiger partial charge on any atom is 0.171 e. The van der Waals surface area contributed by atoms with E-state index in [-0.39, 0.29) is 0 Å². The summed E-state index contributed by atoms with van der Waals surface area (Å²) < 4.78 is 26.4. The predicted molar refractivity (Wildman–Crippen MR) is 53.5 cm³/mol. The number of halogens is 2. The molecule has 0 fully saturated rings. The molecule has 15 heavy (non-hydrogen) atoms. The molecule has 2 N–H and O–H groups in total. The summed E-state index contributed by atoms with van der Waals surface area (Å²) in [6.07, 6.45) is 0.423. The lowest BCUT2D eigenvalue weighted by Gasteiger charge is -2.10. The summed E-state index contributed by atoms with van der Waals surface area (Å²) in [5.41, 5.74) is 4.82. The van der Waals surface area contributed by atoms with Gasteiger partial charge in [0.1, 0.15) is 11.6 Å². The van der Waals surface area contributed by atoms with Crippen LogP contribution in [-0.2, 0) is 0 Å². The second kappa shape index (κ2) is 4.98. The molecule has 0 aromatic heterocycles. The Hall–Kier alpha value is -1.29. The van der Waals surface area contributed by atoms with Gasteiger partial charge in [-0.1, -0.05) is 13.0 Å². The molecule has 0 aliphatic rings. The van der Waals surface area contributed by atoms with Crippen molar-refractivity contribution >= 4 is 5.78 Å². The molecule has 0 amide bonds.